The fourth-order valence-electron chi connectivity index (χ4n) is 6.31. The van der Waals surface area contributed by atoms with Crippen molar-refractivity contribution in [2.45, 2.75) is 64.5 Å². The number of halogens is 2. The van der Waals surface area contributed by atoms with Gasteiger partial charge in [-0.15, -0.1) is 0 Å². The van der Waals surface area contributed by atoms with E-state index in [0.717, 1.165) is 0 Å². The zero-order chi connectivity index (χ0) is 29.0. The zero-order valence-electron chi connectivity index (χ0n) is 23.2. The van der Waals surface area contributed by atoms with Crippen LogP contribution >= 0.6 is 0 Å². The maximum absolute atomic E-state index is 16.0. The highest BCUT2D eigenvalue weighted by Crippen LogP contribution is 2.57. The van der Waals surface area contributed by atoms with Crippen molar-refractivity contribution in [3.63, 3.8) is 0 Å². The number of aryl methyl sites for hydroxylation is 2. The standard InChI is InChI=1S/C32H32F2N4O2/c1-17-7-6-8-21(25(17)33)24-28(29(39)36-20-12-10-19(16-35)11-13-20)37-23(15-31(3,4)5)32(24)22-14-9-18(2)26(34)27(22)38-30(32)40/h6-14,23-24,28,37H,15H2,1-5H3,(H,36,39)(H,38,40)/t23?,24?,28-,32-/m1/s1. The molecule has 206 valence electrons. The Morgan fingerprint density at radius 1 is 1.02 bits per heavy atom. The summed E-state index contributed by atoms with van der Waals surface area (Å²) in [5, 5.41) is 18.2. The number of nitrogens with one attached hydrogen (secondary N) is 3. The SMILES string of the molecule is Cc1cccc(C2[C@H](C(=O)Nc3ccc(C#N)cc3)NC(CC(C)(C)C)[C@@]23C(=O)Nc2c3ccc(C)c2F)c1F. The molecule has 5 rings (SSSR count). The van der Waals surface area contributed by atoms with Crippen molar-refractivity contribution in [1.29, 1.82) is 5.26 Å². The van der Waals surface area contributed by atoms with E-state index in [9.17, 15) is 9.59 Å². The van der Waals surface area contributed by atoms with Crippen LogP contribution < -0.4 is 16.0 Å². The average Bonchev–Trinajstić information content (AvgIpc) is 3.38. The third-order valence-electron chi connectivity index (χ3n) is 8.09. The Morgan fingerprint density at radius 2 is 1.70 bits per heavy atom. The largest absolute Gasteiger partial charge is 0.325 e. The molecule has 0 radical (unpaired) electrons. The molecule has 0 aromatic heterocycles. The second kappa shape index (κ2) is 9.83. The molecule has 0 aliphatic carbocycles. The van der Waals surface area contributed by atoms with E-state index in [1.165, 1.54) is 0 Å². The van der Waals surface area contributed by atoms with Crippen molar-refractivity contribution >= 4 is 23.2 Å². The molecular weight excluding hydrogens is 510 g/mol. The molecule has 1 spiro atoms. The predicted octanol–water partition coefficient (Wildman–Crippen LogP) is 5.84. The first-order valence-corrected chi connectivity index (χ1v) is 13.3. The minimum absolute atomic E-state index is 0.0805. The van der Waals surface area contributed by atoms with Gasteiger partial charge in [0.05, 0.1) is 23.4 Å². The number of fused-ring (bicyclic) bond motifs is 2. The van der Waals surface area contributed by atoms with Crippen LogP contribution in [0, 0.1) is 42.2 Å². The van der Waals surface area contributed by atoms with Gasteiger partial charge >= 0.3 is 0 Å². The Kier molecular flexibility index (Phi) is 6.75. The fraction of sp³-hybridized carbons (Fsp3) is 0.344. The molecule has 40 heavy (non-hydrogen) atoms. The highest BCUT2D eigenvalue weighted by molar-refractivity contribution is 6.10. The minimum Gasteiger partial charge on any atom is -0.325 e. The van der Waals surface area contributed by atoms with Crippen molar-refractivity contribution < 1.29 is 18.4 Å². The quantitative estimate of drug-likeness (QED) is 0.386. The molecule has 2 unspecified atom stereocenters. The Balaban J connectivity index is 1.73. The van der Waals surface area contributed by atoms with E-state index >= 15 is 8.78 Å². The zero-order valence-corrected chi connectivity index (χ0v) is 23.2. The molecule has 0 bridgehead atoms. The van der Waals surface area contributed by atoms with E-state index in [1.807, 2.05) is 26.8 Å². The molecule has 3 aromatic rings. The summed E-state index contributed by atoms with van der Waals surface area (Å²) in [5.41, 5.74) is 0.628. The summed E-state index contributed by atoms with van der Waals surface area (Å²) < 4.78 is 31.4. The van der Waals surface area contributed by atoms with Gasteiger partial charge in [-0.2, -0.15) is 5.26 Å². The lowest BCUT2D eigenvalue weighted by Crippen LogP contribution is -2.49. The molecule has 3 aromatic carbocycles. The monoisotopic (exact) mass is 542 g/mol. The van der Waals surface area contributed by atoms with Crippen molar-refractivity contribution in [3.05, 3.63) is 94.0 Å². The lowest BCUT2D eigenvalue weighted by atomic mass is 9.62. The van der Waals surface area contributed by atoms with Crippen LogP contribution in [0.3, 0.4) is 0 Å². The van der Waals surface area contributed by atoms with Gasteiger partial charge in [-0.3, -0.25) is 9.59 Å². The van der Waals surface area contributed by atoms with Crippen LogP contribution in [0.25, 0.3) is 0 Å². The number of carbonyl (C=O) groups excluding carboxylic acids is 2. The first kappa shape index (κ1) is 27.5. The van der Waals surface area contributed by atoms with Crippen LogP contribution in [-0.4, -0.2) is 23.9 Å². The lowest BCUT2D eigenvalue weighted by molar-refractivity contribution is -0.122. The first-order valence-electron chi connectivity index (χ1n) is 13.3. The number of amides is 2. The van der Waals surface area contributed by atoms with E-state index in [0.29, 0.717) is 34.4 Å². The smallest absolute Gasteiger partial charge is 0.242 e. The van der Waals surface area contributed by atoms with Gasteiger partial charge in [-0.05, 0) is 72.2 Å². The number of hydrogen-bond acceptors (Lipinski definition) is 4. The van der Waals surface area contributed by atoms with E-state index in [2.05, 4.69) is 16.0 Å². The van der Waals surface area contributed by atoms with Crippen LogP contribution in [0.1, 0.15) is 60.9 Å². The van der Waals surface area contributed by atoms with Crippen molar-refractivity contribution in [3.8, 4) is 6.07 Å². The summed E-state index contributed by atoms with van der Waals surface area (Å²) in [4.78, 5) is 28.2. The molecule has 2 amide bonds. The summed E-state index contributed by atoms with van der Waals surface area (Å²) in [6, 6.07) is 15.1. The van der Waals surface area contributed by atoms with Gasteiger partial charge < -0.3 is 16.0 Å². The van der Waals surface area contributed by atoms with E-state index in [1.54, 1.807) is 68.4 Å². The van der Waals surface area contributed by atoms with Gasteiger partial charge in [-0.1, -0.05) is 51.1 Å². The molecule has 3 N–H and O–H groups in total. The Bertz CT molecular complexity index is 1550. The first-order chi connectivity index (χ1) is 18.9. The molecule has 4 atom stereocenters. The van der Waals surface area contributed by atoms with Gasteiger partial charge in [0.15, 0.2) is 0 Å². The number of carbonyl (C=O) groups is 2. The lowest BCUT2D eigenvalue weighted by Gasteiger charge is -2.37. The molecule has 0 saturated carbocycles. The van der Waals surface area contributed by atoms with Crippen molar-refractivity contribution in [2.24, 2.45) is 5.41 Å². The molecule has 1 saturated heterocycles. The Morgan fingerprint density at radius 3 is 2.35 bits per heavy atom. The average molecular weight is 543 g/mol. The van der Waals surface area contributed by atoms with Crippen LogP contribution in [0.4, 0.5) is 20.2 Å². The second-order valence-corrected chi connectivity index (χ2v) is 12.0. The second-order valence-electron chi connectivity index (χ2n) is 12.0. The third-order valence-corrected chi connectivity index (χ3v) is 8.09. The van der Waals surface area contributed by atoms with Gasteiger partial charge in [0.1, 0.15) is 17.0 Å². The van der Waals surface area contributed by atoms with Crippen LogP contribution in [0.2, 0.25) is 0 Å². The predicted molar refractivity (Wildman–Crippen MR) is 150 cm³/mol. The number of benzene rings is 3. The summed E-state index contributed by atoms with van der Waals surface area (Å²) in [6.07, 6.45) is 0.458. The number of nitriles is 1. The molecule has 2 heterocycles. The molecule has 6 nitrogen and oxygen atoms in total. The number of anilines is 2. The summed E-state index contributed by atoms with van der Waals surface area (Å²) in [7, 11) is 0. The summed E-state index contributed by atoms with van der Waals surface area (Å²) in [5.74, 6) is -2.95. The maximum Gasteiger partial charge on any atom is 0.242 e. The molecule has 1 fully saturated rings. The highest BCUT2D eigenvalue weighted by atomic mass is 19.1. The van der Waals surface area contributed by atoms with Gasteiger partial charge in [0.25, 0.3) is 0 Å². The van der Waals surface area contributed by atoms with Crippen LogP contribution in [0.5, 0.6) is 0 Å². The van der Waals surface area contributed by atoms with Gasteiger partial charge in [0.2, 0.25) is 11.8 Å². The highest BCUT2D eigenvalue weighted by Gasteiger charge is 2.66. The normalized spacial score (nSPS) is 23.6. The van der Waals surface area contributed by atoms with Crippen molar-refractivity contribution in [1.82, 2.24) is 5.32 Å². The number of rotatable bonds is 4. The molecular formula is C32H32F2N4O2. The molecule has 8 heteroatoms. The van der Waals surface area contributed by atoms with E-state index in [4.69, 9.17) is 5.26 Å². The minimum atomic E-state index is -1.46. The topological polar surface area (TPSA) is 94.0 Å². The van der Waals surface area contributed by atoms with Gasteiger partial charge in [0, 0.05) is 17.6 Å². The Hall–Kier alpha value is -4.09. The van der Waals surface area contributed by atoms with Crippen molar-refractivity contribution in [2.75, 3.05) is 10.6 Å². The van der Waals surface area contributed by atoms with E-state index in [-0.39, 0.29) is 16.7 Å². The molecule has 2 aliphatic heterocycles. The number of hydrogen-bond donors (Lipinski definition) is 3. The third kappa shape index (κ3) is 4.35. The molecule has 2 aliphatic rings. The summed E-state index contributed by atoms with van der Waals surface area (Å²) in [6.45, 7) is 9.34. The van der Waals surface area contributed by atoms with E-state index < -0.39 is 46.9 Å². The van der Waals surface area contributed by atoms with Crippen LogP contribution in [0.15, 0.2) is 54.6 Å². The number of nitrogens with zero attached hydrogens (tertiary/aromatic N) is 1. The summed E-state index contributed by atoms with van der Waals surface area (Å²) >= 11 is 0. The van der Waals surface area contributed by atoms with Gasteiger partial charge in [-0.25, -0.2) is 8.78 Å². The maximum atomic E-state index is 16.0. The Labute approximate surface area is 232 Å². The fourth-order valence-corrected chi connectivity index (χ4v) is 6.31. The van der Waals surface area contributed by atoms with Crippen LogP contribution in [-0.2, 0) is 15.0 Å².